The zero-order valence-corrected chi connectivity index (χ0v) is 10.5. The van der Waals surface area contributed by atoms with Gasteiger partial charge in [-0.25, -0.2) is 0 Å². The Balaban J connectivity index is 2.00. The molecule has 1 N–H and O–H groups in total. The van der Waals surface area contributed by atoms with Gasteiger partial charge in [-0.2, -0.15) is 0 Å². The van der Waals surface area contributed by atoms with Gasteiger partial charge in [0, 0.05) is 17.9 Å². The highest BCUT2D eigenvalue weighted by atomic mass is 16.5. The topological polar surface area (TPSA) is 51.5 Å². The molecule has 1 unspecified atom stereocenters. The Hall–Kier alpha value is -1.13. The predicted octanol–water partition coefficient (Wildman–Crippen LogP) is 1.01. The first-order chi connectivity index (χ1) is 8.79. The fourth-order valence-electron chi connectivity index (χ4n) is 3.08. The summed E-state index contributed by atoms with van der Waals surface area (Å²) in [4.78, 5) is 12.3. The lowest BCUT2D eigenvalue weighted by atomic mass is 10.1. The molecule has 1 aliphatic heterocycles. The van der Waals surface area contributed by atoms with Crippen molar-refractivity contribution in [3.05, 3.63) is 33.2 Å². The lowest BCUT2D eigenvalue weighted by molar-refractivity contribution is 0.0953. The van der Waals surface area contributed by atoms with E-state index < -0.39 is 0 Å². The van der Waals surface area contributed by atoms with Crippen LogP contribution in [-0.2, 0) is 30.7 Å². The molecule has 0 spiro atoms. The van der Waals surface area contributed by atoms with E-state index in [9.17, 15) is 9.90 Å². The Morgan fingerprint density at radius 3 is 3.00 bits per heavy atom. The molecule has 0 bridgehead atoms. The zero-order chi connectivity index (χ0) is 12.5. The van der Waals surface area contributed by atoms with Gasteiger partial charge in [-0.3, -0.25) is 4.79 Å². The Morgan fingerprint density at radius 2 is 2.28 bits per heavy atom. The van der Waals surface area contributed by atoms with Crippen LogP contribution in [0.1, 0.15) is 36.1 Å². The number of hydrogen-bond acceptors (Lipinski definition) is 3. The molecule has 4 heteroatoms. The summed E-state index contributed by atoms with van der Waals surface area (Å²) >= 11 is 0. The van der Waals surface area contributed by atoms with Gasteiger partial charge in [0.05, 0.1) is 19.3 Å². The number of aliphatic hydroxyl groups is 1. The monoisotopic (exact) mass is 249 g/mol. The molecule has 98 valence electrons. The molecule has 1 fully saturated rings. The van der Waals surface area contributed by atoms with Crippen LogP contribution in [0.4, 0.5) is 0 Å². The summed E-state index contributed by atoms with van der Waals surface area (Å²) in [5.41, 5.74) is 2.88. The Morgan fingerprint density at radius 1 is 1.39 bits per heavy atom. The number of aromatic nitrogens is 1. The van der Waals surface area contributed by atoms with Gasteiger partial charge in [0.1, 0.15) is 0 Å². The molecule has 2 aliphatic rings. The molecule has 0 amide bonds. The summed E-state index contributed by atoms with van der Waals surface area (Å²) in [7, 11) is 0. The van der Waals surface area contributed by atoms with Crippen molar-refractivity contribution in [2.75, 3.05) is 6.61 Å². The molecule has 0 aromatic carbocycles. The average molecular weight is 249 g/mol. The van der Waals surface area contributed by atoms with Crippen molar-refractivity contribution in [3.8, 4) is 0 Å². The summed E-state index contributed by atoms with van der Waals surface area (Å²) in [6, 6.07) is 1.89. The minimum Gasteiger partial charge on any atom is -0.391 e. The molecular weight excluding hydrogens is 230 g/mol. The van der Waals surface area contributed by atoms with Crippen LogP contribution >= 0.6 is 0 Å². The van der Waals surface area contributed by atoms with E-state index in [2.05, 4.69) is 0 Å². The van der Waals surface area contributed by atoms with Crippen LogP contribution in [0.25, 0.3) is 0 Å². The number of ether oxygens (including phenoxy) is 1. The molecular formula is C14H19NO3. The summed E-state index contributed by atoms with van der Waals surface area (Å²) in [5.74, 6) is 0. The minimum atomic E-state index is -0.169. The Labute approximate surface area is 106 Å². The summed E-state index contributed by atoms with van der Waals surface area (Å²) in [5, 5.41) is 9.29. The van der Waals surface area contributed by atoms with E-state index in [0.717, 1.165) is 44.4 Å². The third kappa shape index (κ3) is 1.99. The number of aryl methyl sites for hydroxylation is 1. The van der Waals surface area contributed by atoms with E-state index in [1.165, 1.54) is 5.56 Å². The van der Waals surface area contributed by atoms with Crippen LogP contribution in [0.3, 0.4) is 0 Å². The minimum absolute atomic E-state index is 0.0337. The summed E-state index contributed by atoms with van der Waals surface area (Å²) in [6.07, 6.45) is 5.39. The van der Waals surface area contributed by atoms with Gasteiger partial charge >= 0.3 is 0 Å². The van der Waals surface area contributed by atoms with Crippen LogP contribution < -0.4 is 5.56 Å². The van der Waals surface area contributed by atoms with E-state index >= 15 is 0 Å². The molecule has 3 rings (SSSR count). The second kappa shape index (κ2) is 4.86. The first kappa shape index (κ1) is 11.9. The first-order valence-corrected chi connectivity index (χ1v) is 6.76. The van der Waals surface area contributed by atoms with Crippen LogP contribution in [0.15, 0.2) is 10.9 Å². The van der Waals surface area contributed by atoms with E-state index in [4.69, 9.17) is 4.74 Å². The van der Waals surface area contributed by atoms with E-state index in [1.54, 1.807) is 0 Å². The maximum atomic E-state index is 12.3. The molecule has 2 heterocycles. The van der Waals surface area contributed by atoms with Crippen molar-refractivity contribution < 1.29 is 9.84 Å². The van der Waals surface area contributed by atoms with Gasteiger partial charge in [-0.05, 0) is 43.7 Å². The fraction of sp³-hybridized carbons (Fsp3) is 0.643. The SMILES string of the molecule is O=c1c(CO)cc2c(n1CC1CCCO1)CCC2. The highest BCUT2D eigenvalue weighted by Crippen LogP contribution is 2.23. The second-order valence-corrected chi connectivity index (χ2v) is 5.20. The van der Waals surface area contributed by atoms with Gasteiger partial charge in [-0.15, -0.1) is 0 Å². The van der Waals surface area contributed by atoms with E-state index in [0.29, 0.717) is 12.1 Å². The number of pyridine rings is 1. The van der Waals surface area contributed by atoms with E-state index in [1.807, 2.05) is 10.6 Å². The van der Waals surface area contributed by atoms with Crippen molar-refractivity contribution in [1.29, 1.82) is 0 Å². The smallest absolute Gasteiger partial charge is 0.256 e. The highest BCUT2D eigenvalue weighted by molar-refractivity contribution is 5.30. The summed E-state index contributed by atoms with van der Waals surface area (Å²) in [6.45, 7) is 1.29. The third-order valence-corrected chi connectivity index (χ3v) is 4.01. The molecule has 1 aromatic heterocycles. The second-order valence-electron chi connectivity index (χ2n) is 5.20. The lowest BCUT2D eigenvalue weighted by Gasteiger charge is -2.17. The average Bonchev–Trinajstić information content (AvgIpc) is 3.03. The largest absolute Gasteiger partial charge is 0.391 e. The maximum absolute atomic E-state index is 12.3. The zero-order valence-electron chi connectivity index (χ0n) is 10.5. The van der Waals surface area contributed by atoms with Crippen LogP contribution in [0.2, 0.25) is 0 Å². The summed E-state index contributed by atoms with van der Waals surface area (Å²) < 4.78 is 7.47. The van der Waals surface area contributed by atoms with Crippen LogP contribution in [0, 0.1) is 0 Å². The standard InChI is InChI=1S/C14H19NO3/c16-9-11-7-10-3-1-5-13(10)15(14(11)17)8-12-4-2-6-18-12/h7,12,16H,1-6,8-9H2. The van der Waals surface area contributed by atoms with Gasteiger partial charge < -0.3 is 14.4 Å². The number of aliphatic hydroxyl groups excluding tert-OH is 1. The van der Waals surface area contributed by atoms with Gasteiger partial charge in [0.2, 0.25) is 0 Å². The number of fused-ring (bicyclic) bond motifs is 1. The predicted molar refractivity (Wildman–Crippen MR) is 67.6 cm³/mol. The third-order valence-electron chi connectivity index (χ3n) is 4.01. The number of hydrogen-bond donors (Lipinski definition) is 1. The molecule has 18 heavy (non-hydrogen) atoms. The molecule has 4 nitrogen and oxygen atoms in total. The van der Waals surface area contributed by atoms with Gasteiger partial charge in [0.25, 0.3) is 5.56 Å². The highest BCUT2D eigenvalue weighted by Gasteiger charge is 2.22. The lowest BCUT2D eigenvalue weighted by Crippen LogP contribution is -2.31. The molecule has 1 aromatic rings. The fourth-order valence-corrected chi connectivity index (χ4v) is 3.08. The van der Waals surface area contributed by atoms with Crippen molar-refractivity contribution in [1.82, 2.24) is 4.57 Å². The quantitative estimate of drug-likeness (QED) is 0.869. The normalized spacial score (nSPS) is 22.4. The Bertz CT molecular complexity index is 500. The molecule has 1 atom stereocenters. The van der Waals surface area contributed by atoms with Crippen LogP contribution in [0.5, 0.6) is 0 Å². The molecule has 0 saturated carbocycles. The number of rotatable bonds is 3. The molecule has 0 radical (unpaired) electrons. The van der Waals surface area contributed by atoms with Crippen molar-refractivity contribution in [2.45, 2.75) is 51.4 Å². The Kier molecular flexibility index (Phi) is 3.22. The van der Waals surface area contributed by atoms with Crippen LogP contribution in [-0.4, -0.2) is 22.4 Å². The van der Waals surface area contributed by atoms with E-state index in [-0.39, 0.29) is 18.3 Å². The molecule has 1 saturated heterocycles. The van der Waals surface area contributed by atoms with Crippen molar-refractivity contribution in [2.24, 2.45) is 0 Å². The van der Waals surface area contributed by atoms with Crippen molar-refractivity contribution in [3.63, 3.8) is 0 Å². The van der Waals surface area contributed by atoms with Gasteiger partial charge in [0.15, 0.2) is 0 Å². The van der Waals surface area contributed by atoms with Crippen molar-refractivity contribution >= 4 is 0 Å². The molecule has 1 aliphatic carbocycles. The maximum Gasteiger partial charge on any atom is 0.256 e. The first-order valence-electron chi connectivity index (χ1n) is 6.76. The number of nitrogens with zero attached hydrogens (tertiary/aromatic N) is 1. The van der Waals surface area contributed by atoms with Gasteiger partial charge in [-0.1, -0.05) is 0 Å².